The molecule has 5 heteroatoms. The Labute approximate surface area is 124 Å². The molecule has 1 aromatic carbocycles. The van der Waals surface area contributed by atoms with Gasteiger partial charge in [-0.25, -0.2) is 0 Å². The van der Waals surface area contributed by atoms with E-state index in [1.807, 2.05) is 12.1 Å². The zero-order valence-electron chi connectivity index (χ0n) is 12.5. The maximum atomic E-state index is 12.0. The molecule has 1 fully saturated rings. The lowest BCUT2D eigenvalue weighted by molar-refractivity contribution is -0.0498. The van der Waals surface area contributed by atoms with E-state index in [2.05, 4.69) is 17.0 Å². The lowest BCUT2D eigenvalue weighted by Crippen LogP contribution is -2.48. The minimum Gasteiger partial charge on any atom is -0.435 e. The first kappa shape index (κ1) is 16.2. The molecule has 0 aromatic heterocycles. The summed E-state index contributed by atoms with van der Waals surface area (Å²) in [5, 5.41) is 3.58. The molecule has 21 heavy (non-hydrogen) atoms. The Morgan fingerprint density at radius 2 is 1.90 bits per heavy atom. The standard InChI is InChI=1S/C16H23F2NO2/c1-11(19-13-9-15(10-13)20-2)3-4-12-5-7-14(8-6-12)21-16(17)18/h5-8,11,13,15-16,19H,3-4,9-10H2,1-2H3. The van der Waals surface area contributed by atoms with Gasteiger partial charge >= 0.3 is 6.61 Å². The highest BCUT2D eigenvalue weighted by Crippen LogP contribution is 2.23. The minimum atomic E-state index is -2.77. The number of nitrogens with one attached hydrogen (secondary N) is 1. The van der Waals surface area contributed by atoms with Crippen molar-refractivity contribution in [2.45, 2.75) is 57.4 Å². The van der Waals surface area contributed by atoms with Crippen molar-refractivity contribution in [1.82, 2.24) is 5.32 Å². The number of halogens is 2. The van der Waals surface area contributed by atoms with Crippen molar-refractivity contribution in [3.8, 4) is 5.75 Å². The molecule has 118 valence electrons. The first-order chi connectivity index (χ1) is 10.1. The second-order valence-corrected chi connectivity index (χ2v) is 5.65. The third-order valence-corrected chi connectivity index (χ3v) is 3.96. The fourth-order valence-electron chi connectivity index (χ4n) is 2.60. The Morgan fingerprint density at radius 3 is 2.48 bits per heavy atom. The van der Waals surface area contributed by atoms with Gasteiger partial charge in [0.25, 0.3) is 0 Å². The van der Waals surface area contributed by atoms with Crippen LogP contribution < -0.4 is 10.1 Å². The average Bonchev–Trinajstić information content (AvgIpc) is 2.41. The van der Waals surface area contributed by atoms with E-state index >= 15 is 0 Å². The number of aryl methyl sites for hydroxylation is 1. The summed E-state index contributed by atoms with van der Waals surface area (Å²) in [4.78, 5) is 0. The van der Waals surface area contributed by atoms with Gasteiger partial charge in [-0.15, -0.1) is 0 Å². The van der Waals surface area contributed by atoms with Crippen molar-refractivity contribution >= 4 is 0 Å². The normalized spacial score (nSPS) is 22.9. The van der Waals surface area contributed by atoms with Gasteiger partial charge in [0.2, 0.25) is 0 Å². The van der Waals surface area contributed by atoms with Gasteiger partial charge in [-0.3, -0.25) is 0 Å². The van der Waals surface area contributed by atoms with Crippen molar-refractivity contribution in [3.05, 3.63) is 29.8 Å². The van der Waals surface area contributed by atoms with Crippen LogP contribution in [0.2, 0.25) is 0 Å². The predicted molar refractivity (Wildman–Crippen MR) is 77.8 cm³/mol. The van der Waals surface area contributed by atoms with Crippen LogP contribution >= 0.6 is 0 Å². The molecule has 3 nitrogen and oxygen atoms in total. The van der Waals surface area contributed by atoms with Crippen LogP contribution in [0.4, 0.5) is 8.78 Å². The van der Waals surface area contributed by atoms with Crippen molar-refractivity contribution in [2.24, 2.45) is 0 Å². The molecule has 1 aromatic rings. The van der Waals surface area contributed by atoms with Crippen LogP contribution in [0.25, 0.3) is 0 Å². The first-order valence-electron chi connectivity index (χ1n) is 7.39. The summed E-state index contributed by atoms with van der Waals surface area (Å²) in [6, 6.07) is 7.86. The molecule has 0 saturated heterocycles. The van der Waals surface area contributed by atoms with Crippen molar-refractivity contribution < 1.29 is 18.3 Å². The van der Waals surface area contributed by atoms with Gasteiger partial charge < -0.3 is 14.8 Å². The molecule has 1 atom stereocenters. The number of hydrogen-bond donors (Lipinski definition) is 1. The number of benzene rings is 1. The molecule has 2 rings (SSSR count). The van der Waals surface area contributed by atoms with Crippen LogP contribution in [0.3, 0.4) is 0 Å². The molecule has 1 N–H and O–H groups in total. The third kappa shape index (κ3) is 5.25. The summed E-state index contributed by atoms with van der Waals surface area (Å²) in [6.07, 6.45) is 4.52. The summed E-state index contributed by atoms with van der Waals surface area (Å²) in [5.41, 5.74) is 1.13. The van der Waals surface area contributed by atoms with Gasteiger partial charge in [0, 0.05) is 19.2 Å². The Morgan fingerprint density at radius 1 is 1.24 bits per heavy atom. The summed E-state index contributed by atoms with van der Waals surface area (Å²) < 4.78 is 33.7. The minimum absolute atomic E-state index is 0.208. The molecule has 1 saturated carbocycles. The zero-order chi connectivity index (χ0) is 15.2. The summed E-state index contributed by atoms with van der Waals surface area (Å²) >= 11 is 0. The van der Waals surface area contributed by atoms with E-state index in [9.17, 15) is 8.78 Å². The molecule has 0 bridgehead atoms. The van der Waals surface area contributed by atoms with Crippen LogP contribution in [0, 0.1) is 0 Å². The van der Waals surface area contributed by atoms with E-state index in [1.54, 1.807) is 19.2 Å². The number of rotatable bonds is 8. The van der Waals surface area contributed by atoms with Gasteiger partial charge in [0.15, 0.2) is 0 Å². The van der Waals surface area contributed by atoms with E-state index < -0.39 is 6.61 Å². The Bertz CT molecular complexity index is 419. The van der Waals surface area contributed by atoms with E-state index in [1.165, 1.54) is 0 Å². The Balaban J connectivity index is 1.67. The number of alkyl halides is 2. The molecule has 0 spiro atoms. The monoisotopic (exact) mass is 299 g/mol. The molecule has 0 aliphatic heterocycles. The highest BCUT2D eigenvalue weighted by molar-refractivity contribution is 5.27. The van der Waals surface area contributed by atoms with Gasteiger partial charge in [-0.1, -0.05) is 12.1 Å². The Kier molecular flexibility index (Phi) is 5.94. The molecule has 1 aliphatic rings. The Hall–Kier alpha value is -1.20. The average molecular weight is 299 g/mol. The maximum Gasteiger partial charge on any atom is 0.387 e. The highest BCUT2D eigenvalue weighted by atomic mass is 19.3. The predicted octanol–water partition coefficient (Wildman–Crippen LogP) is 3.38. The van der Waals surface area contributed by atoms with Gasteiger partial charge in [-0.2, -0.15) is 8.78 Å². The van der Waals surface area contributed by atoms with Crippen LogP contribution in [-0.4, -0.2) is 31.9 Å². The number of hydrogen-bond acceptors (Lipinski definition) is 3. The van der Waals surface area contributed by atoms with Crippen LogP contribution in [-0.2, 0) is 11.2 Å². The van der Waals surface area contributed by atoms with Crippen molar-refractivity contribution in [1.29, 1.82) is 0 Å². The SMILES string of the molecule is COC1CC(NC(C)CCc2ccc(OC(F)F)cc2)C1. The molecule has 0 heterocycles. The molecule has 0 radical (unpaired) electrons. The third-order valence-electron chi connectivity index (χ3n) is 3.96. The first-order valence-corrected chi connectivity index (χ1v) is 7.39. The summed E-state index contributed by atoms with van der Waals surface area (Å²) in [5.74, 6) is 0.208. The second-order valence-electron chi connectivity index (χ2n) is 5.65. The zero-order valence-corrected chi connectivity index (χ0v) is 12.5. The smallest absolute Gasteiger partial charge is 0.387 e. The lowest BCUT2D eigenvalue weighted by Gasteiger charge is -2.36. The van der Waals surface area contributed by atoms with E-state index in [-0.39, 0.29) is 5.75 Å². The van der Waals surface area contributed by atoms with E-state index in [0.717, 1.165) is 31.2 Å². The second kappa shape index (κ2) is 7.71. The number of ether oxygens (including phenoxy) is 2. The van der Waals surface area contributed by atoms with E-state index in [0.29, 0.717) is 18.2 Å². The van der Waals surface area contributed by atoms with Crippen molar-refractivity contribution in [2.75, 3.05) is 7.11 Å². The fraction of sp³-hybridized carbons (Fsp3) is 0.625. The molecule has 1 unspecified atom stereocenters. The topological polar surface area (TPSA) is 30.5 Å². The largest absolute Gasteiger partial charge is 0.435 e. The van der Waals surface area contributed by atoms with Crippen LogP contribution in [0.1, 0.15) is 31.7 Å². The number of methoxy groups -OCH3 is 1. The van der Waals surface area contributed by atoms with Gasteiger partial charge in [0.1, 0.15) is 5.75 Å². The van der Waals surface area contributed by atoms with Gasteiger partial charge in [-0.05, 0) is 50.3 Å². The van der Waals surface area contributed by atoms with Crippen molar-refractivity contribution in [3.63, 3.8) is 0 Å². The van der Waals surface area contributed by atoms with Gasteiger partial charge in [0.05, 0.1) is 6.10 Å². The summed E-state index contributed by atoms with van der Waals surface area (Å²) in [7, 11) is 1.76. The molecular formula is C16H23F2NO2. The quantitative estimate of drug-likeness (QED) is 0.798. The highest BCUT2D eigenvalue weighted by Gasteiger charge is 2.29. The molecular weight excluding hydrogens is 276 g/mol. The van der Waals surface area contributed by atoms with Crippen LogP contribution in [0.5, 0.6) is 5.75 Å². The molecule has 0 amide bonds. The fourth-order valence-corrected chi connectivity index (χ4v) is 2.60. The lowest BCUT2D eigenvalue weighted by atomic mass is 9.88. The maximum absolute atomic E-state index is 12.0. The summed E-state index contributed by atoms with van der Waals surface area (Å²) in [6.45, 7) is -0.590. The van der Waals surface area contributed by atoms with Crippen LogP contribution in [0.15, 0.2) is 24.3 Å². The van der Waals surface area contributed by atoms with E-state index in [4.69, 9.17) is 4.74 Å². The molecule has 1 aliphatic carbocycles.